The van der Waals surface area contributed by atoms with Crippen LogP contribution in [0.2, 0.25) is 0 Å². The molecule has 0 bridgehead atoms. The first kappa shape index (κ1) is 25.0. The average molecular weight is 473 g/mol. The highest BCUT2D eigenvalue weighted by Gasteiger charge is 2.09. The van der Waals surface area contributed by atoms with Crippen molar-refractivity contribution in [2.45, 2.75) is 13.5 Å². The summed E-state index contributed by atoms with van der Waals surface area (Å²) in [4.78, 5) is 24.8. The van der Waals surface area contributed by atoms with E-state index in [1.54, 1.807) is 55.5 Å². The molecule has 3 aromatic rings. The molecule has 9 heteroatoms. The van der Waals surface area contributed by atoms with Gasteiger partial charge in [-0.25, -0.2) is 0 Å². The number of nitrogens with one attached hydrogen (secondary N) is 2. The molecule has 0 fully saturated rings. The molecule has 6 N–H and O–H groups in total. The van der Waals surface area contributed by atoms with E-state index in [0.717, 1.165) is 5.56 Å². The molecule has 2 amide bonds. The first-order valence-electron chi connectivity index (χ1n) is 11.0. The van der Waals surface area contributed by atoms with E-state index >= 15 is 0 Å². The van der Waals surface area contributed by atoms with Crippen molar-refractivity contribution in [1.29, 1.82) is 0 Å². The molecule has 0 saturated heterocycles. The van der Waals surface area contributed by atoms with Gasteiger partial charge >= 0.3 is 0 Å². The molecule has 0 aliphatic heterocycles. The average Bonchev–Trinajstić information content (AvgIpc) is 2.89. The number of guanidine groups is 1. The molecule has 3 aromatic carbocycles. The number of rotatable bonds is 10. The predicted molar refractivity (Wildman–Crippen MR) is 136 cm³/mol. The SMILES string of the molecule is C/C(=N\N=C(N)N)c1cccc(C(=O)NCCNC(=O)c2ccc(OCc3ccccc3)cc2)c1. The van der Waals surface area contributed by atoms with E-state index < -0.39 is 0 Å². The lowest BCUT2D eigenvalue weighted by molar-refractivity contribution is 0.0927. The quantitative estimate of drug-likeness (QED) is 0.155. The zero-order valence-corrected chi connectivity index (χ0v) is 19.4. The number of carbonyl (C=O) groups is 2. The number of benzene rings is 3. The lowest BCUT2D eigenvalue weighted by atomic mass is 10.1. The topological polar surface area (TPSA) is 144 Å². The van der Waals surface area contributed by atoms with Gasteiger partial charge in [-0.15, -0.1) is 5.10 Å². The van der Waals surface area contributed by atoms with Gasteiger partial charge in [0.05, 0.1) is 5.71 Å². The van der Waals surface area contributed by atoms with Gasteiger partial charge in [0.1, 0.15) is 12.4 Å². The monoisotopic (exact) mass is 472 g/mol. The van der Waals surface area contributed by atoms with Crippen molar-refractivity contribution in [2.75, 3.05) is 13.1 Å². The van der Waals surface area contributed by atoms with Crippen LogP contribution in [0, 0.1) is 0 Å². The maximum Gasteiger partial charge on any atom is 0.251 e. The molecular weight excluding hydrogens is 444 g/mol. The molecule has 0 saturated carbocycles. The van der Waals surface area contributed by atoms with Gasteiger partial charge in [0, 0.05) is 24.2 Å². The molecule has 35 heavy (non-hydrogen) atoms. The Kier molecular flexibility index (Phi) is 8.95. The zero-order chi connectivity index (χ0) is 25.0. The molecule has 180 valence electrons. The third-order valence-electron chi connectivity index (χ3n) is 4.92. The normalized spacial score (nSPS) is 10.8. The summed E-state index contributed by atoms with van der Waals surface area (Å²) in [5, 5.41) is 13.1. The highest BCUT2D eigenvalue weighted by molar-refractivity contribution is 6.02. The smallest absolute Gasteiger partial charge is 0.251 e. The van der Waals surface area contributed by atoms with E-state index in [1.165, 1.54) is 0 Å². The Morgan fingerprint density at radius 1 is 0.771 bits per heavy atom. The summed E-state index contributed by atoms with van der Waals surface area (Å²) in [5.74, 6) is 0.0317. The van der Waals surface area contributed by atoms with Crippen LogP contribution >= 0.6 is 0 Å². The second kappa shape index (κ2) is 12.5. The predicted octanol–water partition coefficient (Wildman–Crippen LogP) is 2.42. The number of ether oxygens (including phenoxy) is 1. The highest BCUT2D eigenvalue weighted by Crippen LogP contribution is 2.14. The lowest BCUT2D eigenvalue weighted by Gasteiger charge is -2.09. The van der Waals surface area contributed by atoms with Crippen LogP contribution in [0.5, 0.6) is 5.75 Å². The summed E-state index contributed by atoms with van der Waals surface area (Å²) in [6.45, 7) is 2.74. The maximum absolute atomic E-state index is 12.5. The van der Waals surface area contributed by atoms with Gasteiger partial charge in [0.15, 0.2) is 0 Å². The van der Waals surface area contributed by atoms with Crippen LogP contribution in [-0.4, -0.2) is 36.6 Å². The molecule has 0 aliphatic rings. The van der Waals surface area contributed by atoms with E-state index in [2.05, 4.69) is 20.8 Å². The largest absolute Gasteiger partial charge is 0.489 e. The summed E-state index contributed by atoms with van der Waals surface area (Å²) in [7, 11) is 0. The molecule has 3 rings (SSSR count). The van der Waals surface area contributed by atoms with Crippen molar-refractivity contribution in [3.05, 3.63) is 101 Å². The van der Waals surface area contributed by atoms with Crippen molar-refractivity contribution in [1.82, 2.24) is 10.6 Å². The Bertz CT molecular complexity index is 1200. The summed E-state index contributed by atoms with van der Waals surface area (Å²) in [5.41, 5.74) is 13.9. The van der Waals surface area contributed by atoms with Crippen molar-refractivity contribution in [3.8, 4) is 5.75 Å². The molecule has 0 atom stereocenters. The minimum absolute atomic E-state index is 0.146. The minimum Gasteiger partial charge on any atom is -0.489 e. The Balaban J connectivity index is 1.43. The van der Waals surface area contributed by atoms with Crippen molar-refractivity contribution >= 4 is 23.5 Å². The van der Waals surface area contributed by atoms with Crippen LogP contribution in [-0.2, 0) is 6.61 Å². The number of carbonyl (C=O) groups excluding carboxylic acids is 2. The standard InChI is InChI=1S/C26H28N6O3/c1-18(31-32-26(27)28)21-8-5-9-22(16-21)25(34)30-15-14-29-24(33)20-10-12-23(13-11-20)35-17-19-6-3-2-4-7-19/h2-13,16H,14-15,17H2,1H3,(H,29,33)(H,30,34)(H4,27,28,32)/b31-18+. The van der Waals surface area contributed by atoms with Crippen LogP contribution in [0.4, 0.5) is 0 Å². The summed E-state index contributed by atoms with van der Waals surface area (Å²) in [6, 6.07) is 23.7. The summed E-state index contributed by atoms with van der Waals surface area (Å²) < 4.78 is 5.74. The molecule has 0 radical (unpaired) electrons. The third-order valence-corrected chi connectivity index (χ3v) is 4.92. The first-order chi connectivity index (χ1) is 16.9. The van der Waals surface area contributed by atoms with Crippen LogP contribution in [0.25, 0.3) is 0 Å². The molecule has 0 aliphatic carbocycles. The molecular formula is C26H28N6O3. The van der Waals surface area contributed by atoms with Gasteiger partial charge in [0.25, 0.3) is 11.8 Å². The van der Waals surface area contributed by atoms with Gasteiger partial charge in [0.2, 0.25) is 5.96 Å². The van der Waals surface area contributed by atoms with Crippen LogP contribution in [0.3, 0.4) is 0 Å². The number of amides is 2. The number of nitrogens with two attached hydrogens (primary N) is 2. The van der Waals surface area contributed by atoms with Crippen molar-refractivity contribution in [2.24, 2.45) is 21.7 Å². The molecule has 9 nitrogen and oxygen atoms in total. The molecule has 0 aromatic heterocycles. The fourth-order valence-electron chi connectivity index (χ4n) is 3.08. The summed E-state index contributed by atoms with van der Waals surface area (Å²) in [6.07, 6.45) is 0. The molecule has 0 unspecified atom stereocenters. The Morgan fingerprint density at radius 2 is 1.40 bits per heavy atom. The van der Waals surface area contributed by atoms with E-state index in [9.17, 15) is 9.59 Å². The zero-order valence-electron chi connectivity index (χ0n) is 19.4. The van der Waals surface area contributed by atoms with Gasteiger partial charge < -0.3 is 26.8 Å². The Labute approximate surface area is 203 Å². The van der Waals surface area contributed by atoms with Gasteiger partial charge in [-0.2, -0.15) is 5.10 Å². The lowest BCUT2D eigenvalue weighted by Crippen LogP contribution is -2.34. The minimum atomic E-state index is -0.268. The third kappa shape index (κ3) is 8.01. The number of hydrogen-bond acceptors (Lipinski definition) is 5. The van der Waals surface area contributed by atoms with Crippen LogP contribution in [0.1, 0.15) is 38.8 Å². The van der Waals surface area contributed by atoms with Crippen molar-refractivity contribution in [3.63, 3.8) is 0 Å². The first-order valence-corrected chi connectivity index (χ1v) is 11.0. The summed E-state index contributed by atoms with van der Waals surface area (Å²) >= 11 is 0. The second-order valence-electron chi connectivity index (χ2n) is 7.60. The Morgan fingerprint density at radius 3 is 2.06 bits per heavy atom. The second-order valence-corrected chi connectivity index (χ2v) is 7.60. The van der Waals surface area contributed by atoms with E-state index in [4.69, 9.17) is 16.2 Å². The van der Waals surface area contributed by atoms with Gasteiger partial charge in [-0.05, 0) is 54.4 Å². The van der Waals surface area contributed by atoms with E-state index in [0.29, 0.717) is 34.8 Å². The number of nitrogens with zero attached hydrogens (tertiary/aromatic N) is 2. The molecule has 0 spiro atoms. The van der Waals surface area contributed by atoms with Gasteiger partial charge in [-0.3, -0.25) is 9.59 Å². The molecule has 0 heterocycles. The number of hydrogen-bond donors (Lipinski definition) is 4. The van der Waals surface area contributed by atoms with Crippen LogP contribution < -0.4 is 26.8 Å². The highest BCUT2D eigenvalue weighted by atomic mass is 16.5. The van der Waals surface area contributed by atoms with Gasteiger partial charge in [-0.1, -0.05) is 42.5 Å². The van der Waals surface area contributed by atoms with E-state index in [-0.39, 0.29) is 30.9 Å². The fourth-order valence-corrected chi connectivity index (χ4v) is 3.08. The van der Waals surface area contributed by atoms with Crippen LogP contribution in [0.15, 0.2) is 89.1 Å². The maximum atomic E-state index is 12.5. The fraction of sp³-hybridized carbons (Fsp3) is 0.154. The Hall–Kier alpha value is -4.66. The van der Waals surface area contributed by atoms with Crippen molar-refractivity contribution < 1.29 is 14.3 Å². The van der Waals surface area contributed by atoms with E-state index in [1.807, 2.05) is 30.3 Å².